The van der Waals surface area contributed by atoms with E-state index in [1.54, 1.807) is 12.1 Å². The first-order valence-corrected chi connectivity index (χ1v) is 5.92. The molecule has 0 aliphatic rings. The maximum Gasteiger partial charge on any atom is 0.335 e. The molecule has 0 spiro atoms. The summed E-state index contributed by atoms with van der Waals surface area (Å²) in [4.78, 5) is 11.0. The molecule has 0 saturated carbocycles. The number of rotatable bonds is 5. The summed E-state index contributed by atoms with van der Waals surface area (Å²) in [5.41, 5.74) is 13.5. The number of fused-ring (bicyclic) bond motifs is 1. The Labute approximate surface area is 105 Å². The predicted molar refractivity (Wildman–Crippen MR) is 70.7 cm³/mol. The van der Waals surface area contributed by atoms with Gasteiger partial charge in [0.1, 0.15) is 0 Å². The third kappa shape index (κ3) is 2.23. The van der Waals surface area contributed by atoms with E-state index in [1.165, 1.54) is 0 Å². The summed E-state index contributed by atoms with van der Waals surface area (Å²) >= 11 is 0. The number of hydrogen-bond acceptors (Lipinski definition) is 3. The molecule has 0 unspecified atom stereocenters. The number of aromatic carboxylic acids is 1. The summed E-state index contributed by atoms with van der Waals surface area (Å²) in [6.45, 7) is 1.76. The number of hydrogen-bond donors (Lipinski definition) is 3. The number of carbonyl (C=O) groups is 1. The zero-order chi connectivity index (χ0) is 13.1. The van der Waals surface area contributed by atoms with Gasteiger partial charge in [-0.2, -0.15) is 0 Å². The fourth-order valence-corrected chi connectivity index (χ4v) is 2.18. The molecule has 0 atom stereocenters. The molecule has 0 amide bonds. The van der Waals surface area contributed by atoms with Crippen LogP contribution < -0.4 is 11.5 Å². The first-order valence-electron chi connectivity index (χ1n) is 5.92. The Kier molecular flexibility index (Phi) is 3.64. The summed E-state index contributed by atoms with van der Waals surface area (Å²) in [6, 6.07) is 5.15. The van der Waals surface area contributed by atoms with Crippen molar-refractivity contribution in [3.05, 3.63) is 35.5 Å². The third-order valence-corrected chi connectivity index (χ3v) is 3.00. The number of aromatic nitrogens is 1. The van der Waals surface area contributed by atoms with Gasteiger partial charge in [0.05, 0.1) is 5.56 Å². The Hall–Kier alpha value is -1.85. The maximum absolute atomic E-state index is 11.0. The van der Waals surface area contributed by atoms with Gasteiger partial charge in [-0.05, 0) is 30.7 Å². The molecule has 1 heterocycles. The molecule has 2 rings (SSSR count). The Morgan fingerprint density at radius 3 is 2.67 bits per heavy atom. The van der Waals surface area contributed by atoms with Gasteiger partial charge in [-0.25, -0.2) is 4.79 Å². The molecule has 0 aliphatic heterocycles. The average molecular weight is 247 g/mol. The number of carboxylic acid groups (broad SMARTS) is 1. The molecule has 0 radical (unpaired) electrons. The summed E-state index contributed by atoms with van der Waals surface area (Å²) in [7, 11) is 0. The van der Waals surface area contributed by atoms with Gasteiger partial charge < -0.3 is 21.1 Å². The predicted octanol–water partition coefficient (Wildman–Crippen LogP) is 0.799. The van der Waals surface area contributed by atoms with Crippen LogP contribution in [-0.4, -0.2) is 28.7 Å². The molecule has 5 N–H and O–H groups in total. The van der Waals surface area contributed by atoms with Crippen LogP contribution in [-0.2, 0) is 13.0 Å². The highest BCUT2D eigenvalue weighted by molar-refractivity contribution is 5.94. The normalized spacial score (nSPS) is 11.0. The molecule has 2 aromatic rings. The molecule has 1 aromatic heterocycles. The molecule has 1 aromatic carbocycles. The highest BCUT2D eigenvalue weighted by Gasteiger charge is 2.11. The topological polar surface area (TPSA) is 94.3 Å². The second-order valence-corrected chi connectivity index (χ2v) is 4.21. The second kappa shape index (κ2) is 5.20. The molecule has 0 aliphatic carbocycles. The Balaban J connectivity index is 2.59. The van der Waals surface area contributed by atoms with E-state index in [4.69, 9.17) is 16.6 Å². The van der Waals surface area contributed by atoms with Crippen LogP contribution >= 0.6 is 0 Å². The molecule has 18 heavy (non-hydrogen) atoms. The van der Waals surface area contributed by atoms with Gasteiger partial charge in [-0.1, -0.05) is 6.07 Å². The van der Waals surface area contributed by atoms with E-state index in [0.29, 0.717) is 19.6 Å². The molecule has 0 bridgehead atoms. The van der Waals surface area contributed by atoms with Crippen molar-refractivity contribution >= 4 is 16.9 Å². The van der Waals surface area contributed by atoms with E-state index >= 15 is 0 Å². The van der Waals surface area contributed by atoms with Gasteiger partial charge >= 0.3 is 5.97 Å². The van der Waals surface area contributed by atoms with Crippen molar-refractivity contribution in [2.24, 2.45) is 11.5 Å². The standard InChI is InChI=1S/C13H17N3O2/c14-4-3-10-8-16(6-5-15)12-7-9(13(17)18)1-2-11(10)12/h1-2,7-8H,3-6,14-15H2,(H,17,18). The van der Waals surface area contributed by atoms with Crippen molar-refractivity contribution in [2.75, 3.05) is 13.1 Å². The summed E-state index contributed by atoms with van der Waals surface area (Å²) in [5, 5.41) is 10.1. The molecule has 0 fully saturated rings. The smallest absolute Gasteiger partial charge is 0.335 e. The molecule has 5 heteroatoms. The number of benzene rings is 1. The van der Waals surface area contributed by atoms with Crippen molar-refractivity contribution < 1.29 is 9.90 Å². The lowest BCUT2D eigenvalue weighted by Gasteiger charge is -2.03. The van der Waals surface area contributed by atoms with E-state index in [-0.39, 0.29) is 5.56 Å². The van der Waals surface area contributed by atoms with Gasteiger partial charge in [-0.3, -0.25) is 0 Å². The van der Waals surface area contributed by atoms with Crippen molar-refractivity contribution in [1.82, 2.24) is 4.57 Å². The lowest BCUT2D eigenvalue weighted by molar-refractivity contribution is 0.0697. The van der Waals surface area contributed by atoms with Crippen LogP contribution in [0.15, 0.2) is 24.4 Å². The van der Waals surface area contributed by atoms with Crippen molar-refractivity contribution in [2.45, 2.75) is 13.0 Å². The van der Waals surface area contributed by atoms with Crippen LogP contribution in [0.5, 0.6) is 0 Å². The van der Waals surface area contributed by atoms with Gasteiger partial charge in [0.2, 0.25) is 0 Å². The summed E-state index contributed by atoms with van der Waals surface area (Å²) in [6.07, 6.45) is 2.79. The van der Waals surface area contributed by atoms with Crippen LogP contribution in [0, 0.1) is 0 Å². The van der Waals surface area contributed by atoms with Crippen LogP contribution in [0.1, 0.15) is 15.9 Å². The summed E-state index contributed by atoms with van der Waals surface area (Å²) < 4.78 is 1.99. The third-order valence-electron chi connectivity index (χ3n) is 3.00. The minimum atomic E-state index is -0.919. The molecule has 5 nitrogen and oxygen atoms in total. The Bertz CT molecular complexity index is 575. The van der Waals surface area contributed by atoms with E-state index in [2.05, 4.69) is 0 Å². The molecule has 96 valence electrons. The Morgan fingerprint density at radius 1 is 1.28 bits per heavy atom. The molecule has 0 saturated heterocycles. The lowest BCUT2D eigenvalue weighted by atomic mass is 10.1. The molecular weight excluding hydrogens is 230 g/mol. The van der Waals surface area contributed by atoms with Crippen LogP contribution in [0.3, 0.4) is 0 Å². The highest BCUT2D eigenvalue weighted by atomic mass is 16.4. The SMILES string of the molecule is NCCc1cn(CCN)c2cc(C(=O)O)ccc12. The van der Waals surface area contributed by atoms with Gasteiger partial charge in [-0.15, -0.1) is 0 Å². The van der Waals surface area contributed by atoms with Crippen LogP contribution in [0.25, 0.3) is 10.9 Å². The van der Waals surface area contributed by atoms with Crippen molar-refractivity contribution in [1.29, 1.82) is 0 Å². The minimum absolute atomic E-state index is 0.290. The highest BCUT2D eigenvalue weighted by Crippen LogP contribution is 2.23. The fourth-order valence-electron chi connectivity index (χ4n) is 2.18. The molecular formula is C13H17N3O2. The van der Waals surface area contributed by atoms with E-state index in [9.17, 15) is 4.79 Å². The first kappa shape index (κ1) is 12.6. The van der Waals surface area contributed by atoms with Crippen molar-refractivity contribution in [3.8, 4) is 0 Å². The average Bonchev–Trinajstić information content (AvgIpc) is 2.68. The number of carboxylic acids is 1. The second-order valence-electron chi connectivity index (χ2n) is 4.21. The van der Waals surface area contributed by atoms with E-state index in [1.807, 2.05) is 16.8 Å². The zero-order valence-corrected chi connectivity index (χ0v) is 10.1. The van der Waals surface area contributed by atoms with E-state index in [0.717, 1.165) is 22.9 Å². The summed E-state index contributed by atoms with van der Waals surface area (Å²) in [5.74, 6) is -0.919. The Morgan fingerprint density at radius 2 is 2.06 bits per heavy atom. The number of nitrogens with two attached hydrogens (primary N) is 2. The zero-order valence-electron chi connectivity index (χ0n) is 10.1. The lowest BCUT2D eigenvalue weighted by Crippen LogP contribution is -2.09. The number of nitrogens with zero attached hydrogens (tertiary/aromatic N) is 1. The largest absolute Gasteiger partial charge is 0.478 e. The van der Waals surface area contributed by atoms with Gasteiger partial charge in [0, 0.05) is 30.2 Å². The van der Waals surface area contributed by atoms with Gasteiger partial charge in [0.25, 0.3) is 0 Å². The van der Waals surface area contributed by atoms with Crippen molar-refractivity contribution in [3.63, 3.8) is 0 Å². The van der Waals surface area contributed by atoms with E-state index < -0.39 is 5.97 Å². The minimum Gasteiger partial charge on any atom is -0.478 e. The van der Waals surface area contributed by atoms with Gasteiger partial charge in [0.15, 0.2) is 0 Å². The first-order chi connectivity index (χ1) is 8.67. The monoisotopic (exact) mass is 247 g/mol. The maximum atomic E-state index is 11.0. The van der Waals surface area contributed by atoms with Crippen LogP contribution in [0.4, 0.5) is 0 Å². The fraction of sp³-hybridized carbons (Fsp3) is 0.308. The van der Waals surface area contributed by atoms with Crippen LogP contribution in [0.2, 0.25) is 0 Å². The quantitative estimate of drug-likeness (QED) is 0.728.